The maximum absolute atomic E-state index is 4.08. The van der Waals surface area contributed by atoms with E-state index < -0.39 is 0 Å². The number of hydrogen-bond acceptors (Lipinski definition) is 3. The monoisotopic (exact) mass is 227 g/mol. The summed E-state index contributed by atoms with van der Waals surface area (Å²) in [6.45, 7) is 4.24. The Bertz CT molecular complexity index is 494. The third-order valence-corrected chi connectivity index (χ3v) is 2.95. The lowest BCUT2D eigenvalue weighted by Gasteiger charge is -2.19. The number of nitrogens with one attached hydrogen (secondary N) is 1. The zero-order valence-electron chi connectivity index (χ0n) is 10.4. The van der Waals surface area contributed by atoms with Crippen molar-refractivity contribution in [1.29, 1.82) is 0 Å². The van der Waals surface area contributed by atoms with Gasteiger partial charge in [0, 0.05) is 18.0 Å². The Labute approximate surface area is 102 Å². The van der Waals surface area contributed by atoms with Crippen molar-refractivity contribution in [1.82, 2.24) is 15.3 Å². The van der Waals surface area contributed by atoms with Crippen LogP contribution in [0.1, 0.15) is 28.3 Å². The minimum Gasteiger partial charge on any atom is -0.309 e. The highest BCUT2D eigenvalue weighted by Crippen LogP contribution is 2.24. The van der Waals surface area contributed by atoms with E-state index in [0.717, 1.165) is 5.56 Å². The maximum atomic E-state index is 4.08. The molecule has 0 aliphatic carbocycles. The zero-order chi connectivity index (χ0) is 12.3. The lowest BCUT2D eigenvalue weighted by Crippen LogP contribution is -2.19. The van der Waals surface area contributed by atoms with Crippen LogP contribution in [0.4, 0.5) is 0 Å². The second-order valence-corrected chi connectivity index (χ2v) is 4.25. The summed E-state index contributed by atoms with van der Waals surface area (Å²) in [4.78, 5) is 8.16. The molecule has 0 aliphatic heterocycles. The molecular weight excluding hydrogens is 210 g/mol. The van der Waals surface area contributed by atoms with Crippen LogP contribution < -0.4 is 5.32 Å². The SMILES string of the molecule is CNC(c1cncnc1)c1cc(C)ccc1C. The van der Waals surface area contributed by atoms with Crippen LogP contribution in [0.5, 0.6) is 0 Å². The number of aromatic nitrogens is 2. The van der Waals surface area contributed by atoms with Gasteiger partial charge >= 0.3 is 0 Å². The predicted octanol–water partition coefficient (Wildman–Crippen LogP) is 2.40. The van der Waals surface area contributed by atoms with Gasteiger partial charge in [-0.3, -0.25) is 0 Å². The Kier molecular flexibility index (Phi) is 3.49. The molecule has 0 radical (unpaired) electrons. The summed E-state index contributed by atoms with van der Waals surface area (Å²) < 4.78 is 0. The number of rotatable bonds is 3. The Balaban J connectivity index is 2.46. The molecule has 1 atom stereocenters. The van der Waals surface area contributed by atoms with E-state index in [1.807, 2.05) is 19.4 Å². The van der Waals surface area contributed by atoms with Crippen molar-refractivity contribution in [2.75, 3.05) is 7.05 Å². The summed E-state index contributed by atoms with van der Waals surface area (Å²) in [5, 5.41) is 3.32. The maximum Gasteiger partial charge on any atom is 0.115 e. The van der Waals surface area contributed by atoms with Gasteiger partial charge < -0.3 is 5.32 Å². The third-order valence-electron chi connectivity index (χ3n) is 2.95. The van der Waals surface area contributed by atoms with Gasteiger partial charge in [0.25, 0.3) is 0 Å². The molecule has 1 aromatic carbocycles. The van der Waals surface area contributed by atoms with Crippen LogP contribution in [-0.2, 0) is 0 Å². The summed E-state index contributed by atoms with van der Waals surface area (Å²) in [6, 6.07) is 6.64. The van der Waals surface area contributed by atoms with E-state index >= 15 is 0 Å². The van der Waals surface area contributed by atoms with Crippen molar-refractivity contribution < 1.29 is 0 Å². The zero-order valence-corrected chi connectivity index (χ0v) is 10.4. The molecule has 2 rings (SSSR count). The van der Waals surface area contributed by atoms with Gasteiger partial charge in [0.1, 0.15) is 6.33 Å². The molecule has 88 valence electrons. The molecule has 17 heavy (non-hydrogen) atoms. The molecule has 0 saturated heterocycles. The Morgan fingerprint density at radius 2 is 1.82 bits per heavy atom. The van der Waals surface area contributed by atoms with E-state index in [1.54, 1.807) is 6.33 Å². The average molecular weight is 227 g/mol. The molecule has 0 saturated carbocycles. The fourth-order valence-electron chi connectivity index (χ4n) is 2.03. The number of benzene rings is 1. The lowest BCUT2D eigenvalue weighted by molar-refractivity contribution is 0.680. The molecule has 0 spiro atoms. The van der Waals surface area contributed by atoms with Crippen molar-refractivity contribution in [2.45, 2.75) is 19.9 Å². The summed E-state index contributed by atoms with van der Waals surface area (Å²) >= 11 is 0. The van der Waals surface area contributed by atoms with Gasteiger partial charge in [0.15, 0.2) is 0 Å². The standard InChI is InChI=1S/C14H17N3/c1-10-4-5-11(2)13(6-10)14(15-3)12-7-16-9-17-8-12/h4-9,14-15H,1-3H3. The van der Waals surface area contributed by atoms with Crippen molar-refractivity contribution >= 4 is 0 Å². The average Bonchev–Trinajstić information content (AvgIpc) is 2.36. The normalized spacial score (nSPS) is 12.4. The summed E-state index contributed by atoms with van der Waals surface area (Å²) in [5.74, 6) is 0. The van der Waals surface area contributed by atoms with Crippen LogP contribution >= 0.6 is 0 Å². The number of aryl methyl sites for hydroxylation is 2. The van der Waals surface area contributed by atoms with E-state index in [4.69, 9.17) is 0 Å². The van der Waals surface area contributed by atoms with Crippen molar-refractivity contribution in [2.24, 2.45) is 0 Å². The van der Waals surface area contributed by atoms with Gasteiger partial charge in [0.05, 0.1) is 6.04 Å². The van der Waals surface area contributed by atoms with E-state index in [2.05, 4.69) is 47.3 Å². The van der Waals surface area contributed by atoms with Crippen LogP contribution in [0, 0.1) is 13.8 Å². The van der Waals surface area contributed by atoms with Gasteiger partial charge in [-0.1, -0.05) is 23.8 Å². The first-order chi connectivity index (χ1) is 8.22. The fourth-order valence-corrected chi connectivity index (χ4v) is 2.03. The molecule has 3 nitrogen and oxygen atoms in total. The molecule has 1 unspecified atom stereocenters. The molecular formula is C14H17N3. The van der Waals surface area contributed by atoms with Gasteiger partial charge in [-0.15, -0.1) is 0 Å². The van der Waals surface area contributed by atoms with Gasteiger partial charge in [-0.05, 0) is 32.0 Å². The number of nitrogens with zero attached hydrogens (tertiary/aromatic N) is 2. The summed E-state index contributed by atoms with van der Waals surface area (Å²) in [7, 11) is 1.96. The van der Waals surface area contributed by atoms with E-state index in [9.17, 15) is 0 Å². The highest BCUT2D eigenvalue weighted by molar-refractivity contribution is 5.37. The lowest BCUT2D eigenvalue weighted by atomic mass is 9.95. The molecule has 0 amide bonds. The predicted molar refractivity (Wildman–Crippen MR) is 68.9 cm³/mol. The quantitative estimate of drug-likeness (QED) is 0.875. The summed E-state index contributed by atoms with van der Waals surface area (Å²) in [5.41, 5.74) is 4.91. The third kappa shape index (κ3) is 2.50. The van der Waals surface area contributed by atoms with Crippen molar-refractivity contribution in [3.05, 3.63) is 59.2 Å². The van der Waals surface area contributed by atoms with Crippen LogP contribution in [0.15, 0.2) is 36.9 Å². The molecule has 0 bridgehead atoms. The fraction of sp³-hybridized carbons (Fsp3) is 0.286. The van der Waals surface area contributed by atoms with Crippen LogP contribution in [0.2, 0.25) is 0 Å². The van der Waals surface area contributed by atoms with E-state index in [0.29, 0.717) is 0 Å². The minimum absolute atomic E-state index is 0.149. The molecule has 2 aromatic rings. The van der Waals surface area contributed by atoms with Crippen molar-refractivity contribution in [3.63, 3.8) is 0 Å². The topological polar surface area (TPSA) is 37.8 Å². The van der Waals surface area contributed by atoms with E-state index in [-0.39, 0.29) is 6.04 Å². The molecule has 1 heterocycles. The number of hydrogen-bond donors (Lipinski definition) is 1. The van der Waals surface area contributed by atoms with Gasteiger partial charge in [-0.25, -0.2) is 9.97 Å². The molecule has 0 aliphatic rings. The largest absolute Gasteiger partial charge is 0.309 e. The summed E-state index contributed by atoms with van der Waals surface area (Å²) in [6.07, 6.45) is 5.27. The first-order valence-corrected chi connectivity index (χ1v) is 5.71. The smallest absolute Gasteiger partial charge is 0.115 e. The minimum atomic E-state index is 0.149. The first kappa shape index (κ1) is 11.7. The second kappa shape index (κ2) is 5.06. The van der Waals surface area contributed by atoms with E-state index in [1.165, 1.54) is 16.7 Å². The highest BCUT2D eigenvalue weighted by atomic mass is 14.9. The van der Waals surface area contributed by atoms with Gasteiger partial charge in [0.2, 0.25) is 0 Å². The van der Waals surface area contributed by atoms with Crippen LogP contribution in [-0.4, -0.2) is 17.0 Å². The highest BCUT2D eigenvalue weighted by Gasteiger charge is 2.14. The second-order valence-electron chi connectivity index (χ2n) is 4.25. The Hall–Kier alpha value is -1.74. The van der Waals surface area contributed by atoms with Gasteiger partial charge in [-0.2, -0.15) is 0 Å². The van der Waals surface area contributed by atoms with Crippen LogP contribution in [0.3, 0.4) is 0 Å². The molecule has 3 heteroatoms. The first-order valence-electron chi connectivity index (χ1n) is 5.71. The molecule has 1 N–H and O–H groups in total. The Morgan fingerprint density at radius 3 is 2.47 bits per heavy atom. The van der Waals surface area contributed by atoms with Crippen LogP contribution in [0.25, 0.3) is 0 Å². The Morgan fingerprint density at radius 1 is 1.12 bits per heavy atom. The van der Waals surface area contributed by atoms with Crippen molar-refractivity contribution in [3.8, 4) is 0 Å². The molecule has 0 fully saturated rings. The molecule has 1 aromatic heterocycles.